The molecule has 0 saturated carbocycles. The molecule has 28 heavy (non-hydrogen) atoms. The second-order valence-electron chi connectivity index (χ2n) is 6.67. The fourth-order valence-electron chi connectivity index (χ4n) is 3.00. The minimum Gasteiger partial charge on any atom is -0.456 e. The van der Waals surface area contributed by atoms with Crippen molar-refractivity contribution in [2.45, 2.75) is 13.8 Å². The van der Waals surface area contributed by atoms with E-state index in [0.29, 0.717) is 28.1 Å². The molecule has 0 atom stereocenters. The van der Waals surface area contributed by atoms with Crippen LogP contribution in [0.5, 0.6) is 0 Å². The van der Waals surface area contributed by atoms with Gasteiger partial charge >= 0.3 is 0 Å². The van der Waals surface area contributed by atoms with E-state index in [-0.39, 0.29) is 11.3 Å². The van der Waals surface area contributed by atoms with Gasteiger partial charge in [-0.05, 0) is 50.2 Å². The van der Waals surface area contributed by atoms with Crippen molar-refractivity contribution >= 4 is 22.7 Å². The van der Waals surface area contributed by atoms with E-state index in [0.717, 1.165) is 16.8 Å². The predicted molar refractivity (Wildman–Crippen MR) is 110 cm³/mol. The molecule has 4 aromatic rings. The maximum atomic E-state index is 12.4. The molecule has 138 valence electrons. The van der Waals surface area contributed by atoms with Gasteiger partial charge in [0.1, 0.15) is 17.2 Å². The van der Waals surface area contributed by atoms with Crippen LogP contribution in [0.3, 0.4) is 0 Å². The van der Waals surface area contributed by atoms with Crippen LogP contribution in [0.15, 0.2) is 75.9 Å². The predicted octanol–water partition coefficient (Wildman–Crippen LogP) is 4.72. The maximum absolute atomic E-state index is 12.4. The van der Waals surface area contributed by atoms with E-state index in [1.54, 1.807) is 36.4 Å². The summed E-state index contributed by atoms with van der Waals surface area (Å²) in [6, 6.07) is 19.4. The van der Waals surface area contributed by atoms with E-state index >= 15 is 0 Å². The van der Waals surface area contributed by atoms with Gasteiger partial charge in [0.2, 0.25) is 0 Å². The van der Waals surface area contributed by atoms with Crippen molar-refractivity contribution in [3.05, 3.63) is 93.8 Å². The number of pyridine rings is 1. The van der Waals surface area contributed by atoms with Gasteiger partial charge in [-0.1, -0.05) is 29.8 Å². The Morgan fingerprint density at radius 1 is 0.964 bits per heavy atom. The number of aryl methyl sites for hydroxylation is 2. The fraction of sp³-hybridized carbons (Fsp3) is 0.0870. The highest BCUT2D eigenvalue weighted by Gasteiger charge is 2.10. The van der Waals surface area contributed by atoms with E-state index in [4.69, 9.17) is 4.42 Å². The second kappa shape index (κ2) is 7.12. The van der Waals surface area contributed by atoms with Crippen LogP contribution in [-0.2, 0) is 0 Å². The third-order valence-corrected chi connectivity index (χ3v) is 4.44. The van der Waals surface area contributed by atoms with Gasteiger partial charge in [-0.2, -0.15) is 0 Å². The largest absolute Gasteiger partial charge is 0.456 e. The Hall–Kier alpha value is -3.73. The van der Waals surface area contributed by atoms with Crippen LogP contribution in [0.2, 0.25) is 0 Å². The lowest BCUT2D eigenvalue weighted by Crippen LogP contribution is -2.13. The van der Waals surface area contributed by atoms with Crippen LogP contribution in [-0.4, -0.2) is 10.9 Å². The number of rotatable bonds is 3. The number of carbonyl (C=O) groups is 1. The smallest absolute Gasteiger partial charge is 0.256 e. The monoisotopic (exact) mass is 370 g/mol. The van der Waals surface area contributed by atoms with E-state index < -0.39 is 0 Å². The number of fused-ring (bicyclic) bond motifs is 1. The highest BCUT2D eigenvalue weighted by Crippen LogP contribution is 2.23. The van der Waals surface area contributed by atoms with Gasteiger partial charge in [0, 0.05) is 22.9 Å². The number of nitrogens with one attached hydrogen (secondary N) is 1. The molecule has 2 heterocycles. The molecule has 0 saturated heterocycles. The van der Waals surface area contributed by atoms with Crippen molar-refractivity contribution in [1.82, 2.24) is 4.98 Å². The zero-order valence-electron chi connectivity index (χ0n) is 15.5. The first-order chi connectivity index (χ1) is 13.5. The summed E-state index contributed by atoms with van der Waals surface area (Å²) < 4.78 is 5.88. The number of benzene rings is 2. The van der Waals surface area contributed by atoms with Gasteiger partial charge in [0.15, 0.2) is 5.43 Å². The van der Waals surface area contributed by atoms with Crippen LogP contribution in [0, 0.1) is 13.8 Å². The summed E-state index contributed by atoms with van der Waals surface area (Å²) in [6.45, 7) is 3.80. The van der Waals surface area contributed by atoms with Crippen molar-refractivity contribution in [2.24, 2.45) is 0 Å². The summed E-state index contributed by atoms with van der Waals surface area (Å²) in [5.41, 5.74) is 3.50. The normalized spacial score (nSPS) is 10.8. The lowest BCUT2D eigenvalue weighted by Gasteiger charge is -2.07. The molecule has 1 N–H and O–H groups in total. The van der Waals surface area contributed by atoms with Gasteiger partial charge in [-0.25, -0.2) is 4.98 Å². The van der Waals surface area contributed by atoms with E-state index in [9.17, 15) is 9.59 Å². The molecule has 0 aliphatic carbocycles. The van der Waals surface area contributed by atoms with Gasteiger partial charge in [-0.15, -0.1) is 0 Å². The van der Waals surface area contributed by atoms with Gasteiger partial charge in [-0.3, -0.25) is 9.59 Å². The van der Waals surface area contributed by atoms with Crippen molar-refractivity contribution < 1.29 is 9.21 Å². The van der Waals surface area contributed by atoms with E-state index in [1.807, 2.05) is 38.1 Å². The second-order valence-corrected chi connectivity index (χ2v) is 6.67. The van der Waals surface area contributed by atoms with Crippen molar-refractivity contribution in [3.8, 4) is 11.3 Å². The quantitative estimate of drug-likeness (QED) is 0.566. The summed E-state index contributed by atoms with van der Waals surface area (Å²) in [5.74, 6) is 0.721. The molecule has 2 aromatic heterocycles. The van der Waals surface area contributed by atoms with Crippen molar-refractivity contribution in [3.63, 3.8) is 0 Å². The first kappa shape index (κ1) is 17.7. The van der Waals surface area contributed by atoms with Crippen LogP contribution in [0.1, 0.15) is 21.6 Å². The van der Waals surface area contributed by atoms with E-state index in [2.05, 4.69) is 10.3 Å². The molecule has 1 amide bonds. The fourth-order valence-corrected chi connectivity index (χ4v) is 3.00. The summed E-state index contributed by atoms with van der Waals surface area (Å²) in [5, 5.41) is 3.33. The Morgan fingerprint density at radius 3 is 2.50 bits per heavy atom. The van der Waals surface area contributed by atoms with E-state index in [1.165, 1.54) is 6.07 Å². The maximum Gasteiger partial charge on any atom is 0.256 e. The topological polar surface area (TPSA) is 72.2 Å². The molecule has 0 radical (unpaired) electrons. The summed E-state index contributed by atoms with van der Waals surface area (Å²) >= 11 is 0. The Bertz CT molecular complexity index is 1240. The highest BCUT2D eigenvalue weighted by atomic mass is 16.3. The molecular weight excluding hydrogens is 352 g/mol. The van der Waals surface area contributed by atoms with Crippen LogP contribution >= 0.6 is 0 Å². The molecule has 2 aromatic carbocycles. The van der Waals surface area contributed by atoms with Crippen LogP contribution in [0.4, 0.5) is 5.82 Å². The summed E-state index contributed by atoms with van der Waals surface area (Å²) in [4.78, 5) is 29.1. The lowest BCUT2D eigenvalue weighted by atomic mass is 10.1. The number of aromatic nitrogens is 1. The zero-order valence-corrected chi connectivity index (χ0v) is 15.5. The van der Waals surface area contributed by atoms with Crippen LogP contribution < -0.4 is 10.7 Å². The molecule has 5 nitrogen and oxygen atoms in total. The first-order valence-electron chi connectivity index (χ1n) is 8.89. The number of nitrogens with zero attached hydrogens (tertiary/aromatic N) is 1. The number of carbonyl (C=O) groups excluding carboxylic acids is 1. The van der Waals surface area contributed by atoms with Gasteiger partial charge in [0.05, 0.1) is 5.39 Å². The lowest BCUT2D eigenvalue weighted by molar-refractivity contribution is 0.102. The molecule has 0 fully saturated rings. The number of anilines is 1. The van der Waals surface area contributed by atoms with Crippen LogP contribution in [0.25, 0.3) is 22.3 Å². The Balaban J connectivity index is 1.61. The van der Waals surface area contributed by atoms with Gasteiger partial charge < -0.3 is 9.73 Å². The molecule has 0 aliphatic heterocycles. The summed E-state index contributed by atoms with van der Waals surface area (Å²) in [7, 11) is 0. The van der Waals surface area contributed by atoms with Crippen molar-refractivity contribution in [2.75, 3.05) is 5.32 Å². The third-order valence-electron chi connectivity index (χ3n) is 4.44. The minimum absolute atomic E-state index is 0.0905. The number of hydrogen-bond acceptors (Lipinski definition) is 4. The molecule has 4 rings (SSSR count). The van der Waals surface area contributed by atoms with Gasteiger partial charge in [0.25, 0.3) is 5.91 Å². The standard InChI is InChI=1S/C23H18N2O3/c1-14-6-11-20-18(12-14)19(26)13-21(28-20)16-7-9-17(10-8-16)23(27)25-22-5-3-4-15(2)24-22/h3-13H,1-2H3,(H,24,25,27). The zero-order chi connectivity index (χ0) is 19.7. The average Bonchev–Trinajstić information content (AvgIpc) is 2.68. The molecule has 5 heteroatoms. The average molecular weight is 370 g/mol. The summed E-state index contributed by atoms with van der Waals surface area (Å²) in [6.07, 6.45) is 0. The molecule has 0 bridgehead atoms. The van der Waals surface area contributed by atoms with Crippen molar-refractivity contribution in [1.29, 1.82) is 0 Å². The molecule has 0 unspecified atom stereocenters. The Kier molecular flexibility index (Phi) is 4.49. The third kappa shape index (κ3) is 3.55. The number of hydrogen-bond donors (Lipinski definition) is 1. The molecule has 0 aliphatic rings. The number of amides is 1. The Labute approximate surface area is 161 Å². The minimum atomic E-state index is -0.250. The highest BCUT2D eigenvalue weighted by molar-refractivity contribution is 6.04. The SMILES string of the molecule is Cc1ccc2oc(-c3ccc(C(=O)Nc4cccc(C)n4)cc3)cc(=O)c2c1. The molecule has 0 spiro atoms. The molecular formula is C23H18N2O3. The first-order valence-corrected chi connectivity index (χ1v) is 8.89. The Morgan fingerprint density at radius 2 is 1.75 bits per heavy atom.